The second kappa shape index (κ2) is 9.66. The molecule has 6 rings (SSSR count). The van der Waals surface area contributed by atoms with Gasteiger partial charge in [-0.25, -0.2) is 9.37 Å². The zero-order valence-corrected chi connectivity index (χ0v) is 21.1. The SMILES string of the molecule is C/[SH](=O)=N\c1ccc(-c2ccc(-c3nc4[nH]c(O[C@@H]5CO[C@H]6[C@@H]5OC[C@H]6O)nc4cc3Cl)cc2)cc1F. The van der Waals surface area contributed by atoms with Crippen molar-refractivity contribution in [2.75, 3.05) is 19.5 Å². The molecule has 2 fully saturated rings. The van der Waals surface area contributed by atoms with Crippen LogP contribution in [0.3, 0.4) is 0 Å². The topological polar surface area (TPSA) is 119 Å². The Bertz CT molecular complexity index is 1570. The fraction of sp³-hybridized carbons (Fsp3) is 0.280. The van der Waals surface area contributed by atoms with E-state index in [1.165, 1.54) is 18.4 Å². The predicted molar refractivity (Wildman–Crippen MR) is 137 cm³/mol. The van der Waals surface area contributed by atoms with Crippen molar-refractivity contribution in [1.82, 2.24) is 15.0 Å². The second-order valence-corrected chi connectivity index (χ2v) is 10.4. The standard InChI is InChI=1S/C25H22ClFN4O5S/c1-37(33)31-17-7-6-14(8-16(17)27)12-2-4-13(5-3-12)21-15(26)9-18-24(29-21)30-25(28-18)36-20-11-35-22-19(32)10-34-23(20)22/h2-9,19-20,22-23,32,37H,10-11H2,1H3,(H,28,29,30)/t19-,20-,22-,23-/m1/s1. The highest BCUT2D eigenvalue weighted by Crippen LogP contribution is 2.33. The van der Waals surface area contributed by atoms with Crippen molar-refractivity contribution in [3.8, 4) is 28.4 Å². The Morgan fingerprint density at radius 3 is 2.57 bits per heavy atom. The van der Waals surface area contributed by atoms with E-state index in [9.17, 15) is 13.7 Å². The van der Waals surface area contributed by atoms with E-state index in [2.05, 4.69) is 19.3 Å². The summed E-state index contributed by atoms with van der Waals surface area (Å²) in [5, 5.41) is 10.3. The van der Waals surface area contributed by atoms with Gasteiger partial charge < -0.3 is 19.3 Å². The molecule has 0 bridgehead atoms. The molecular weight excluding hydrogens is 523 g/mol. The fourth-order valence-electron chi connectivity index (χ4n) is 4.58. The average Bonchev–Trinajstić information content (AvgIpc) is 3.56. The molecule has 2 aliphatic rings. The van der Waals surface area contributed by atoms with Crippen LogP contribution < -0.4 is 4.74 Å². The summed E-state index contributed by atoms with van der Waals surface area (Å²) in [4.78, 5) is 12.1. The molecular formula is C25H22ClFN4O5S. The number of nitrogens with zero attached hydrogens (tertiary/aromatic N) is 3. The number of pyridine rings is 1. The van der Waals surface area contributed by atoms with Gasteiger partial charge >= 0.3 is 0 Å². The van der Waals surface area contributed by atoms with Gasteiger partial charge in [0.05, 0.1) is 23.9 Å². The number of H-pyrrole nitrogens is 1. The third-order valence-corrected chi connectivity index (χ3v) is 7.12. The van der Waals surface area contributed by atoms with Gasteiger partial charge in [-0.05, 0) is 29.3 Å². The Labute approximate surface area is 217 Å². The molecule has 0 aliphatic carbocycles. The van der Waals surface area contributed by atoms with Gasteiger partial charge in [0.15, 0.2) is 11.8 Å². The van der Waals surface area contributed by atoms with E-state index in [0.29, 0.717) is 27.4 Å². The Balaban J connectivity index is 1.24. The number of benzene rings is 2. The van der Waals surface area contributed by atoms with Crippen molar-refractivity contribution in [3.05, 3.63) is 59.4 Å². The molecule has 0 saturated carbocycles. The summed E-state index contributed by atoms with van der Waals surface area (Å²) in [6.45, 7) is 0.501. The Morgan fingerprint density at radius 1 is 1.08 bits per heavy atom. The molecule has 4 heterocycles. The summed E-state index contributed by atoms with van der Waals surface area (Å²) in [5.41, 5.74) is 3.88. The molecule has 12 heteroatoms. The fourth-order valence-corrected chi connectivity index (χ4v) is 5.30. The van der Waals surface area contributed by atoms with E-state index in [-0.39, 0.29) is 31.0 Å². The summed E-state index contributed by atoms with van der Waals surface area (Å²) < 4.78 is 46.6. The third kappa shape index (κ3) is 4.69. The number of aromatic amines is 1. The van der Waals surface area contributed by atoms with E-state index in [1.807, 2.05) is 24.3 Å². The van der Waals surface area contributed by atoms with Crippen LogP contribution in [0.1, 0.15) is 0 Å². The highest BCUT2D eigenvalue weighted by atomic mass is 35.5. The lowest BCUT2D eigenvalue weighted by atomic mass is 10.0. The maximum Gasteiger partial charge on any atom is 0.296 e. The van der Waals surface area contributed by atoms with Crippen molar-refractivity contribution in [2.45, 2.75) is 24.4 Å². The summed E-state index contributed by atoms with van der Waals surface area (Å²) in [6.07, 6.45) is -0.397. The second-order valence-electron chi connectivity index (χ2n) is 8.86. The first-order valence-electron chi connectivity index (χ1n) is 11.5. The molecule has 37 heavy (non-hydrogen) atoms. The maximum atomic E-state index is 14.4. The van der Waals surface area contributed by atoms with Gasteiger partial charge in [0, 0.05) is 22.4 Å². The van der Waals surface area contributed by atoms with Crippen molar-refractivity contribution < 1.29 is 27.9 Å². The van der Waals surface area contributed by atoms with Crippen LogP contribution in [0.4, 0.5) is 10.1 Å². The number of fused-ring (bicyclic) bond motifs is 2. The molecule has 2 aliphatic heterocycles. The quantitative estimate of drug-likeness (QED) is 0.326. The maximum absolute atomic E-state index is 14.4. The molecule has 4 aromatic rings. The van der Waals surface area contributed by atoms with Gasteiger partial charge in [0.25, 0.3) is 6.01 Å². The smallest absolute Gasteiger partial charge is 0.296 e. The average molecular weight is 545 g/mol. The van der Waals surface area contributed by atoms with Crippen LogP contribution in [0.25, 0.3) is 33.5 Å². The highest BCUT2D eigenvalue weighted by molar-refractivity contribution is 7.74. The van der Waals surface area contributed by atoms with Crippen molar-refractivity contribution in [2.24, 2.45) is 4.36 Å². The van der Waals surface area contributed by atoms with Crippen LogP contribution in [-0.4, -0.2) is 68.2 Å². The number of aliphatic hydroxyl groups excluding tert-OH is 1. The van der Waals surface area contributed by atoms with E-state index >= 15 is 0 Å². The van der Waals surface area contributed by atoms with Gasteiger partial charge in [-0.1, -0.05) is 41.9 Å². The molecule has 5 atom stereocenters. The van der Waals surface area contributed by atoms with Crippen LogP contribution in [0.5, 0.6) is 6.01 Å². The zero-order valence-electron chi connectivity index (χ0n) is 19.5. The summed E-state index contributed by atoms with van der Waals surface area (Å²) in [7, 11) is -1.83. The molecule has 0 spiro atoms. The van der Waals surface area contributed by atoms with Crippen LogP contribution >= 0.6 is 11.6 Å². The van der Waals surface area contributed by atoms with E-state index < -0.39 is 34.7 Å². The molecule has 1 unspecified atom stereocenters. The molecule has 9 nitrogen and oxygen atoms in total. The lowest BCUT2D eigenvalue weighted by molar-refractivity contribution is 0.00706. The van der Waals surface area contributed by atoms with Crippen molar-refractivity contribution >= 4 is 39.0 Å². The lowest BCUT2D eigenvalue weighted by Crippen LogP contribution is -2.34. The van der Waals surface area contributed by atoms with Crippen molar-refractivity contribution in [3.63, 3.8) is 0 Å². The molecule has 2 N–H and O–H groups in total. The first-order chi connectivity index (χ1) is 17.9. The lowest BCUT2D eigenvalue weighted by Gasteiger charge is -2.15. The first-order valence-corrected chi connectivity index (χ1v) is 13.6. The van der Waals surface area contributed by atoms with E-state index in [0.717, 1.165) is 11.1 Å². The number of aromatic nitrogens is 3. The van der Waals surface area contributed by atoms with E-state index in [1.54, 1.807) is 12.1 Å². The Hall–Kier alpha value is -3.09. The van der Waals surface area contributed by atoms with Gasteiger partial charge in [-0.3, -0.25) is 9.19 Å². The Morgan fingerprint density at radius 2 is 1.81 bits per heavy atom. The number of halogens is 2. The zero-order chi connectivity index (χ0) is 25.7. The van der Waals surface area contributed by atoms with Crippen LogP contribution in [-0.2, 0) is 20.1 Å². The summed E-state index contributed by atoms with van der Waals surface area (Å²) >= 11 is 6.53. The first kappa shape index (κ1) is 24.3. The number of imidazole rings is 1. The third-order valence-electron chi connectivity index (χ3n) is 6.34. The number of rotatable bonds is 5. The molecule has 2 aromatic heterocycles. The minimum absolute atomic E-state index is 0.0739. The van der Waals surface area contributed by atoms with Gasteiger partial charge in [-0.2, -0.15) is 9.35 Å². The largest absolute Gasteiger partial charge is 0.456 e. The summed E-state index contributed by atoms with van der Waals surface area (Å²) in [5.74, 6) is -0.533. The van der Waals surface area contributed by atoms with E-state index in [4.69, 9.17) is 25.8 Å². The summed E-state index contributed by atoms with van der Waals surface area (Å²) in [6, 6.07) is 14.0. The molecule has 2 aromatic carbocycles. The van der Waals surface area contributed by atoms with Crippen molar-refractivity contribution in [1.29, 1.82) is 0 Å². The van der Waals surface area contributed by atoms with Gasteiger partial charge in [-0.15, -0.1) is 0 Å². The number of hydrogen-bond donors (Lipinski definition) is 3. The highest BCUT2D eigenvalue weighted by Gasteiger charge is 2.48. The normalized spacial score (nSPS) is 24.0. The molecule has 0 radical (unpaired) electrons. The predicted octanol–water partition coefficient (Wildman–Crippen LogP) is 3.92. The molecule has 192 valence electrons. The van der Waals surface area contributed by atoms with Gasteiger partial charge in [0.2, 0.25) is 0 Å². The minimum Gasteiger partial charge on any atom is -0.456 e. The molecule has 0 amide bonds. The van der Waals surface area contributed by atoms with Crippen LogP contribution in [0, 0.1) is 5.82 Å². The van der Waals surface area contributed by atoms with Gasteiger partial charge in [0.1, 0.15) is 35.3 Å². The molecule has 2 saturated heterocycles. The van der Waals surface area contributed by atoms with Crippen LogP contribution in [0.2, 0.25) is 5.02 Å². The number of hydrogen-bond acceptors (Lipinski definition) is 8. The number of thiol groups is 1. The van der Waals surface area contributed by atoms with Crippen LogP contribution in [0.15, 0.2) is 52.9 Å². The number of ether oxygens (including phenoxy) is 3. The number of nitrogens with one attached hydrogen (secondary N) is 1. The Kier molecular flexibility index (Phi) is 6.33. The number of aliphatic hydroxyl groups is 1. The minimum atomic E-state index is -1.83. The monoisotopic (exact) mass is 544 g/mol.